The molecule has 1 aromatic carbocycles. The predicted octanol–water partition coefficient (Wildman–Crippen LogP) is 4.92. The van der Waals surface area contributed by atoms with E-state index < -0.39 is 23.1 Å². The van der Waals surface area contributed by atoms with E-state index in [1.54, 1.807) is 48.0 Å². The third kappa shape index (κ3) is 6.99. The summed E-state index contributed by atoms with van der Waals surface area (Å²) < 4.78 is 42.6. The zero-order valence-electron chi connectivity index (χ0n) is 29.0. The molecule has 1 unspecified atom stereocenters. The fourth-order valence-corrected chi connectivity index (χ4v) is 7.79. The lowest BCUT2D eigenvalue weighted by Crippen LogP contribution is -2.46. The molecule has 53 heavy (non-hydrogen) atoms. The molecule has 2 aliphatic carbocycles. The summed E-state index contributed by atoms with van der Waals surface area (Å²) >= 11 is 6.15. The number of carbonyl (C=O) groups is 3. The van der Waals surface area contributed by atoms with Gasteiger partial charge in [-0.25, -0.2) is 4.79 Å². The molecule has 2 N–H and O–H groups in total. The average molecular weight is 752 g/mol. The maximum absolute atomic E-state index is 14.4. The number of urea groups is 1. The van der Waals surface area contributed by atoms with Gasteiger partial charge in [-0.1, -0.05) is 23.7 Å². The average Bonchev–Trinajstić information content (AvgIpc) is 3.74. The zero-order chi connectivity index (χ0) is 37.7. The van der Waals surface area contributed by atoms with Crippen LogP contribution in [-0.4, -0.2) is 85.0 Å². The molecule has 4 heterocycles. The van der Waals surface area contributed by atoms with E-state index in [4.69, 9.17) is 16.6 Å². The molecule has 278 valence electrons. The maximum atomic E-state index is 14.4. The number of alkyl halides is 3. The molecule has 1 aliphatic heterocycles. The monoisotopic (exact) mass is 751 g/mol. The molecule has 0 radical (unpaired) electrons. The number of piperidine rings is 1. The molecule has 1 saturated heterocycles. The molecule has 0 bridgehead atoms. The first kappa shape index (κ1) is 36.1. The van der Waals surface area contributed by atoms with Gasteiger partial charge in [0.2, 0.25) is 11.7 Å². The Hall–Kier alpha value is -5.25. The van der Waals surface area contributed by atoms with Gasteiger partial charge >= 0.3 is 12.2 Å². The summed E-state index contributed by atoms with van der Waals surface area (Å²) in [4.78, 5) is 65.6. The lowest BCUT2D eigenvalue weighted by molar-refractivity contribution is -0.137. The number of fused-ring (bicyclic) bond motifs is 3. The zero-order valence-corrected chi connectivity index (χ0v) is 29.8. The Bertz CT molecular complexity index is 2190. The van der Waals surface area contributed by atoms with E-state index in [1.807, 2.05) is 6.08 Å². The van der Waals surface area contributed by atoms with E-state index in [-0.39, 0.29) is 46.6 Å². The van der Waals surface area contributed by atoms with Crippen molar-refractivity contribution in [3.05, 3.63) is 92.4 Å². The van der Waals surface area contributed by atoms with Crippen molar-refractivity contribution in [3.8, 4) is 0 Å². The van der Waals surface area contributed by atoms with Crippen LogP contribution in [0.2, 0.25) is 5.02 Å². The first-order valence-corrected chi connectivity index (χ1v) is 17.7. The summed E-state index contributed by atoms with van der Waals surface area (Å²) in [6, 6.07) is 7.58. The van der Waals surface area contributed by atoms with E-state index in [0.717, 1.165) is 23.8 Å². The lowest BCUT2D eigenvalue weighted by atomic mass is 9.74. The fourth-order valence-electron chi connectivity index (χ4n) is 7.56. The SMILES string of the molecule is CN(C)C(=O)NC1CC=C(c2nc3n(CC(=O)Nc4ccc(C(F)(F)F)cc4Cl)c4c(c(=O)n3n2)C2(CC4)CCN(C(=O)c3ccccn3)CC2)CC1. The highest BCUT2D eigenvalue weighted by molar-refractivity contribution is 6.33. The van der Waals surface area contributed by atoms with Crippen LogP contribution in [-0.2, 0) is 29.4 Å². The number of likely N-dealkylation sites (tertiary alicyclic amines) is 1. The van der Waals surface area contributed by atoms with Crippen molar-refractivity contribution < 1.29 is 27.6 Å². The van der Waals surface area contributed by atoms with E-state index in [9.17, 15) is 32.3 Å². The molecule has 1 spiro atoms. The van der Waals surface area contributed by atoms with E-state index in [0.29, 0.717) is 80.8 Å². The van der Waals surface area contributed by atoms with Crippen molar-refractivity contribution >= 4 is 46.5 Å². The Morgan fingerprint density at radius 1 is 1.08 bits per heavy atom. The lowest BCUT2D eigenvalue weighted by Gasteiger charge is -2.39. The van der Waals surface area contributed by atoms with Gasteiger partial charge in [-0.2, -0.15) is 22.7 Å². The maximum Gasteiger partial charge on any atom is 0.416 e. The van der Waals surface area contributed by atoms with Crippen LogP contribution >= 0.6 is 11.6 Å². The molecule has 13 nitrogen and oxygen atoms in total. The molecular weight excluding hydrogens is 715 g/mol. The van der Waals surface area contributed by atoms with Gasteiger partial charge in [-0.3, -0.25) is 19.4 Å². The van der Waals surface area contributed by atoms with Crippen molar-refractivity contribution in [1.29, 1.82) is 0 Å². The molecule has 4 amide bonds. The quantitative estimate of drug-likeness (QED) is 0.284. The van der Waals surface area contributed by atoms with Gasteiger partial charge in [0.25, 0.3) is 11.5 Å². The van der Waals surface area contributed by atoms with Crippen LogP contribution < -0.4 is 16.2 Å². The summed E-state index contributed by atoms with van der Waals surface area (Å²) in [5, 5.41) is 9.98. The number of pyridine rings is 1. The molecule has 4 aromatic rings. The number of anilines is 1. The van der Waals surface area contributed by atoms with Gasteiger partial charge < -0.3 is 25.0 Å². The highest BCUT2D eigenvalue weighted by Gasteiger charge is 2.46. The normalized spacial score (nSPS) is 18.1. The number of nitrogens with one attached hydrogen (secondary N) is 2. The van der Waals surface area contributed by atoms with Crippen molar-refractivity contribution in [1.82, 2.24) is 39.3 Å². The second-order valence-corrected chi connectivity index (χ2v) is 14.3. The summed E-state index contributed by atoms with van der Waals surface area (Å²) in [6.45, 7) is 0.486. The van der Waals surface area contributed by atoms with Crippen LogP contribution in [0.4, 0.5) is 23.7 Å². The third-order valence-electron chi connectivity index (χ3n) is 10.4. The van der Waals surface area contributed by atoms with Crippen LogP contribution in [0.1, 0.15) is 71.7 Å². The Kier molecular flexibility index (Phi) is 9.51. The molecule has 0 saturated carbocycles. The predicted molar refractivity (Wildman–Crippen MR) is 190 cm³/mol. The number of allylic oxidation sites excluding steroid dienone is 1. The largest absolute Gasteiger partial charge is 0.416 e. The smallest absolute Gasteiger partial charge is 0.337 e. The van der Waals surface area contributed by atoms with Crippen LogP contribution in [0.3, 0.4) is 0 Å². The highest BCUT2D eigenvalue weighted by atomic mass is 35.5. The highest BCUT2D eigenvalue weighted by Crippen LogP contribution is 2.45. The number of rotatable bonds is 6. The summed E-state index contributed by atoms with van der Waals surface area (Å²) in [5.41, 5.74) is 0.433. The van der Waals surface area contributed by atoms with Crippen molar-refractivity contribution in [2.24, 2.45) is 0 Å². The van der Waals surface area contributed by atoms with Crippen LogP contribution in [0.5, 0.6) is 0 Å². The van der Waals surface area contributed by atoms with Crippen molar-refractivity contribution in [3.63, 3.8) is 0 Å². The summed E-state index contributed by atoms with van der Waals surface area (Å²) in [5.74, 6) is -0.290. The fraction of sp³-hybridized carbons (Fsp3) is 0.417. The number of amides is 4. The van der Waals surface area contributed by atoms with E-state index >= 15 is 0 Å². The van der Waals surface area contributed by atoms with Gasteiger partial charge in [0.1, 0.15) is 12.2 Å². The second-order valence-electron chi connectivity index (χ2n) is 13.9. The van der Waals surface area contributed by atoms with Gasteiger partial charge in [0.15, 0.2) is 5.82 Å². The first-order valence-electron chi connectivity index (χ1n) is 17.3. The van der Waals surface area contributed by atoms with Crippen LogP contribution in [0.25, 0.3) is 11.4 Å². The minimum atomic E-state index is -4.60. The van der Waals surface area contributed by atoms with Crippen LogP contribution in [0, 0.1) is 0 Å². The number of aromatic nitrogens is 5. The number of carbonyl (C=O) groups excluding carboxylic acids is 3. The molecule has 7 rings (SSSR count). The van der Waals surface area contributed by atoms with Crippen molar-refractivity contribution in [2.45, 2.75) is 69.1 Å². The first-order chi connectivity index (χ1) is 25.2. The molecule has 17 heteroatoms. The number of benzene rings is 1. The van der Waals surface area contributed by atoms with Gasteiger partial charge in [0, 0.05) is 56.1 Å². The minimum Gasteiger partial charge on any atom is -0.337 e. The van der Waals surface area contributed by atoms with Crippen LogP contribution in [0.15, 0.2) is 53.5 Å². The Morgan fingerprint density at radius 3 is 2.49 bits per heavy atom. The number of hydrogen-bond acceptors (Lipinski definition) is 7. The molecule has 3 aliphatic rings. The summed E-state index contributed by atoms with van der Waals surface area (Å²) in [6.07, 6.45) is 2.72. The van der Waals surface area contributed by atoms with Gasteiger partial charge in [0.05, 0.1) is 16.3 Å². The third-order valence-corrected chi connectivity index (χ3v) is 10.7. The number of halogens is 4. The van der Waals surface area contributed by atoms with Gasteiger partial charge in [-0.05, 0) is 80.9 Å². The minimum absolute atomic E-state index is 0.00484. The van der Waals surface area contributed by atoms with Crippen molar-refractivity contribution in [2.75, 3.05) is 32.5 Å². The molecule has 1 fully saturated rings. The second kappa shape index (κ2) is 14.0. The van der Waals surface area contributed by atoms with E-state index in [1.165, 1.54) is 9.42 Å². The Balaban J connectivity index is 1.22. The standard InChI is InChI=1S/C36H37ClF3N9O4/c1-46(2)34(53)42-23-9-6-21(7-10-23)30-44-33-48(20-28(50)43-25-11-8-22(19-24(25)37)36(38,39)40)27-12-13-35(29(27)32(52)49(33)45-30)14-17-47(18-15-35)31(51)26-5-3-4-16-41-26/h3-6,8,11,16,19,23H,7,9-10,12-15,17-18,20H2,1-2H3,(H,42,53)(H,43,50). The molecule has 3 aromatic heterocycles. The van der Waals surface area contributed by atoms with E-state index in [2.05, 4.69) is 20.7 Å². The Labute approximate surface area is 306 Å². The number of nitrogens with zero attached hydrogens (tertiary/aromatic N) is 7. The summed E-state index contributed by atoms with van der Waals surface area (Å²) in [7, 11) is 3.33. The number of hydrogen-bond donors (Lipinski definition) is 2. The molecular formula is C36H37ClF3N9O4. The topological polar surface area (TPSA) is 147 Å². The molecule has 1 atom stereocenters. The Morgan fingerprint density at radius 2 is 1.85 bits per heavy atom. The van der Waals surface area contributed by atoms with Gasteiger partial charge in [-0.15, -0.1) is 5.10 Å².